The van der Waals surface area contributed by atoms with Gasteiger partial charge in [-0.05, 0) is 106 Å². The van der Waals surface area contributed by atoms with E-state index in [1.807, 2.05) is 0 Å². The third kappa shape index (κ3) is 6.83. The summed E-state index contributed by atoms with van der Waals surface area (Å²) in [5, 5.41) is 0. The van der Waals surface area contributed by atoms with Gasteiger partial charge in [-0.1, -0.05) is 55.2 Å². The molecule has 0 aromatic rings. The zero-order valence-electron chi connectivity index (χ0n) is 20.6. The van der Waals surface area contributed by atoms with E-state index in [1.54, 1.807) is 0 Å². The molecule has 4 rings (SSSR count). The summed E-state index contributed by atoms with van der Waals surface area (Å²) in [5.41, 5.74) is 0. The first-order chi connectivity index (χ1) is 16.0. The van der Waals surface area contributed by atoms with Gasteiger partial charge < -0.3 is 4.74 Å². The Morgan fingerprint density at radius 2 is 1.24 bits per heavy atom. The maximum Gasteiger partial charge on any atom is 0.134 e. The van der Waals surface area contributed by atoms with Crippen molar-refractivity contribution in [2.45, 2.75) is 132 Å². The predicted molar refractivity (Wildman–Crippen MR) is 138 cm³/mol. The minimum atomic E-state index is -1.27. The van der Waals surface area contributed by atoms with Crippen molar-refractivity contribution in [2.75, 3.05) is 6.61 Å². The number of halogens is 4. The van der Waals surface area contributed by atoms with Crippen LogP contribution in [0, 0.1) is 35.5 Å². The predicted octanol–water partition coefficient (Wildman–Crippen LogP) is 8.81. The van der Waals surface area contributed by atoms with Crippen LogP contribution >= 0.6 is 22.6 Å². The molecule has 7 atom stereocenters. The number of alkyl halides is 4. The smallest absolute Gasteiger partial charge is 0.134 e. The minimum Gasteiger partial charge on any atom is -0.375 e. The molecule has 0 aromatic carbocycles. The lowest BCUT2D eigenvalue weighted by molar-refractivity contribution is -0.0547. The molecule has 0 radical (unpaired) electrons. The van der Waals surface area contributed by atoms with E-state index in [2.05, 4.69) is 29.5 Å². The lowest BCUT2D eigenvalue weighted by atomic mass is 9.63. The van der Waals surface area contributed by atoms with E-state index in [0.29, 0.717) is 34.7 Å². The van der Waals surface area contributed by atoms with Gasteiger partial charge in [0.05, 0.1) is 6.10 Å². The number of hydrogen-bond donors (Lipinski definition) is 0. The average Bonchev–Trinajstić information content (AvgIpc) is 2.82. The molecule has 0 aromatic heterocycles. The average molecular weight is 583 g/mol. The molecule has 33 heavy (non-hydrogen) atoms. The fourth-order valence-corrected chi connectivity index (χ4v) is 8.60. The molecule has 0 bridgehead atoms. The molecular weight excluding hydrogens is 536 g/mol. The Bertz CT molecular complexity index is 575. The number of hydrogen-bond acceptors (Lipinski definition) is 1. The number of ether oxygens (including phenoxy) is 1. The Kier molecular flexibility index (Phi) is 10.2. The van der Waals surface area contributed by atoms with Gasteiger partial charge in [0, 0.05) is 10.5 Å². The van der Waals surface area contributed by atoms with E-state index in [9.17, 15) is 4.39 Å². The second-order valence-corrected chi connectivity index (χ2v) is 13.7. The molecule has 1 nitrogen and oxygen atoms in total. The Labute approximate surface area is 213 Å². The summed E-state index contributed by atoms with van der Waals surface area (Å²) in [6.07, 6.45) is 11.9. The van der Waals surface area contributed by atoms with Crippen molar-refractivity contribution in [1.29, 1.82) is 0 Å². The van der Waals surface area contributed by atoms with E-state index in [1.165, 1.54) is 25.7 Å². The Morgan fingerprint density at radius 3 is 1.76 bits per heavy atom. The molecule has 192 valence electrons. The third-order valence-electron chi connectivity index (χ3n) is 9.84. The second-order valence-electron chi connectivity index (χ2n) is 11.9. The quantitative estimate of drug-likeness (QED) is 0.215. The maximum atomic E-state index is 15.3. The van der Waals surface area contributed by atoms with Crippen molar-refractivity contribution in [3.63, 3.8) is 0 Å². The maximum absolute atomic E-state index is 15.3. The summed E-state index contributed by atoms with van der Waals surface area (Å²) < 4.78 is 51.3. The summed E-state index contributed by atoms with van der Waals surface area (Å²) in [4.78, 5) is 0. The van der Waals surface area contributed by atoms with Crippen molar-refractivity contribution < 1.29 is 17.9 Å². The fourth-order valence-electron chi connectivity index (χ4n) is 7.75. The van der Waals surface area contributed by atoms with Crippen LogP contribution in [0.1, 0.15) is 103 Å². The SMILES string of the molecule is CCCC1CCC(C2CCC(C3CCC(COC4CCC(I)CC4F)CC3)C(F)C2F)CC1. The van der Waals surface area contributed by atoms with Crippen molar-refractivity contribution in [1.82, 2.24) is 0 Å². The minimum absolute atomic E-state index is 0.0464. The van der Waals surface area contributed by atoms with Crippen LogP contribution in [0.5, 0.6) is 0 Å². The van der Waals surface area contributed by atoms with Gasteiger partial charge in [0.25, 0.3) is 0 Å². The van der Waals surface area contributed by atoms with Gasteiger partial charge in [-0.15, -0.1) is 0 Å². The molecule has 4 fully saturated rings. The van der Waals surface area contributed by atoms with Crippen LogP contribution in [0.15, 0.2) is 0 Å². The fraction of sp³-hybridized carbons (Fsp3) is 1.00. The highest BCUT2D eigenvalue weighted by Crippen LogP contribution is 2.48. The first-order valence-electron chi connectivity index (χ1n) is 14.1. The van der Waals surface area contributed by atoms with Gasteiger partial charge in [-0.2, -0.15) is 0 Å². The molecule has 4 aliphatic carbocycles. The Balaban J connectivity index is 1.19. The Hall–Kier alpha value is 0.480. The lowest BCUT2D eigenvalue weighted by Gasteiger charge is -2.44. The normalized spacial score (nSPS) is 47.4. The van der Waals surface area contributed by atoms with Crippen molar-refractivity contribution in [3.8, 4) is 0 Å². The van der Waals surface area contributed by atoms with E-state index in [4.69, 9.17) is 4.74 Å². The first-order valence-corrected chi connectivity index (χ1v) is 15.4. The summed E-state index contributed by atoms with van der Waals surface area (Å²) in [5.74, 6) is 1.86. The van der Waals surface area contributed by atoms with E-state index >= 15 is 8.78 Å². The van der Waals surface area contributed by atoms with Crippen LogP contribution in [0.4, 0.5) is 13.2 Å². The van der Waals surface area contributed by atoms with E-state index in [0.717, 1.165) is 70.1 Å². The van der Waals surface area contributed by atoms with E-state index in [-0.39, 0.29) is 17.9 Å². The van der Waals surface area contributed by atoms with E-state index < -0.39 is 18.5 Å². The van der Waals surface area contributed by atoms with Crippen molar-refractivity contribution in [2.24, 2.45) is 35.5 Å². The number of rotatable bonds is 7. The lowest BCUT2D eigenvalue weighted by Crippen LogP contribution is -2.45. The molecule has 0 heterocycles. The van der Waals surface area contributed by atoms with Crippen LogP contribution in [0.3, 0.4) is 0 Å². The van der Waals surface area contributed by atoms with Crippen LogP contribution < -0.4 is 0 Å². The molecule has 5 heteroatoms. The Morgan fingerprint density at radius 1 is 0.697 bits per heavy atom. The van der Waals surface area contributed by atoms with Gasteiger partial charge in [-0.25, -0.2) is 13.2 Å². The second kappa shape index (κ2) is 12.6. The van der Waals surface area contributed by atoms with Crippen LogP contribution in [-0.2, 0) is 4.74 Å². The van der Waals surface area contributed by atoms with Crippen LogP contribution in [0.2, 0.25) is 0 Å². The van der Waals surface area contributed by atoms with Gasteiger partial charge in [0.15, 0.2) is 0 Å². The van der Waals surface area contributed by atoms with Crippen LogP contribution in [-0.4, -0.2) is 35.2 Å². The molecule has 7 unspecified atom stereocenters. The zero-order chi connectivity index (χ0) is 23.4. The van der Waals surface area contributed by atoms with Crippen molar-refractivity contribution >= 4 is 22.6 Å². The highest BCUT2D eigenvalue weighted by molar-refractivity contribution is 14.1. The zero-order valence-corrected chi connectivity index (χ0v) is 22.7. The molecule has 0 saturated heterocycles. The van der Waals surface area contributed by atoms with Gasteiger partial charge >= 0.3 is 0 Å². The van der Waals surface area contributed by atoms with Gasteiger partial charge in [-0.3, -0.25) is 0 Å². The summed E-state index contributed by atoms with van der Waals surface area (Å²) in [6.45, 7) is 2.89. The largest absolute Gasteiger partial charge is 0.375 e. The topological polar surface area (TPSA) is 9.23 Å². The first kappa shape index (κ1) is 26.5. The third-order valence-corrected chi connectivity index (χ3v) is 11.0. The molecule has 0 aliphatic heterocycles. The van der Waals surface area contributed by atoms with Crippen LogP contribution in [0.25, 0.3) is 0 Å². The molecule has 0 spiro atoms. The molecule has 0 amide bonds. The standard InChI is InChI=1S/C28H46F3IO/c1-2-3-18-4-8-20(9-5-18)23-13-14-24(28(31)27(23)30)21-10-6-19(7-11-21)17-33-26-15-12-22(32)16-25(26)29/h18-28H,2-17H2,1H3. The molecule has 4 saturated carbocycles. The van der Waals surface area contributed by atoms with Gasteiger partial charge in [0.2, 0.25) is 0 Å². The highest BCUT2D eigenvalue weighted by atomic mass is 127. The molecule has 0 N–H and O–H groups in total. The highest BCUT2D eigenvalue weighted by Gasteiger charge is 2.46. The molecule has 4 aliphatic rings. The summed E-state index contributed by atoms with van der Waals surface area (Å²) in [6, 6.07) is 0. The van der Waals surface area contributed by atoms with Crippen molar-refractivity contribution in [3.05, 3.63) is 0 Å². The summed E-state index contributed by atoms with van der Waals surface area (Å²) in [7, 11) is 0. The van der Waals surface area contributed by atoms with Gasteiger partial charge in [0.1, 0.15) is 18.5 Å². The molecular formula is C28H46F3IO. The monoisotopic (exact) mass is 582 g/mol. The summed E-state index contributed by atoms with van der Waals surface area (Å²) >= 11 is 2.34.